The predicted molar refractivity (Wildman–Crippen MR) is 144 cm³/mol. The maximum absolute atomic E-state index is 13.4. The number of carbonyl (C=O) groups is 3. The molecule has 1 aromatic rings. The van der Waals surface area contributed by atoms with Crippen molar-refractivity contribution < 1.29 is 29.0 Å². The lowest BCUT2D eigenvalue weighted by molar-refractivity contribution is -0.146. The summed E-state index contributed by atoms with van der Waals surface area (Å²) in [4.78, 5) is 38.8. The highest BCUT2D eigenvalue weighted by atomic mass is 19.1. The molecule has 0 radical (unpaired) electrons. The van der Waals surface area contributed by atoms with Gasteiger partial charge >= 0.3 is 12.0 Å². The van der Waals surface area contributed by atoms with Crippen LogP contribution in [0.1, 0.15) is 38.2 Å². The number of benzene rings is 1. The summed E-state index contributed by atoms with van der Waals surface area (Å²) in [6.07, 6.45) is 0.00566. The molecule has 4 unspecified atom stereocenters. The smallest absolute Gasteiger partial charge is 0.332 e. The van der Waals surface area contributed by atoms with Gasteiger partial charge in [-0.1, -0.05) is 42.8 Å². The fourth-order valence-corrected chi connectivity index (χ4v) is 5.13. The molecule has 1 aromatic carbocycles. The Hall–Kier alpha value is -3.23. The maximum Gasteiger partial charge on any atom is 0.332 e. The van der Waals surface area contributed by atoms with E-state index in [2.05, 4.69) is 24.4 Å². The Balaban J connectivity index is 0.000000311. The quantitative estimate of drug-likeness (QED) is 0.514. The number of carboxylic acid groups (broad SMARTS) is 1. The minimum Gasteiger partial charge on any atom is -0.479 e. The Morgan fingerprint density at radius 2 is 1.72 bits per heavy atom. The van der Waals surface area contributed by atoms with Crippen molar-refractivity contribution in [1.29, 1.82) is 5.26 Å². The van der Waals surface area contributed by atoms with Gasteiger partial charge < -0.3 is 30.2 Å². The summed E-state index contributed by atoms with van der Waals surface area (Å²) in [5, 5.41) is 28.6. The number of nitrogens with zero attached hydrogens (tertiary/aromatic N) is 4. The number of nitriles is 1. The number of aliphatic carboxylic acids is 1. The van der Waals surface area contributed by atoms with Crippen LogP contribution in [0, 0.1) is 30.1 Å². The standard InChI is InChI=1S/C17H26FN5O2.C7H8.C4H8O3/c1-21(2)17(25)22-8-11-3-14(4-12(11)9-22)20-7-16(24)23-10-13(18)5-15(23)6-19;1-7-5-3-2-4-6-7;1-2-3(5)4(6)7/h11-15,20H,3-5,7-10H2,1-2H3;2-6H,1H3;3,5H,2H2,1H3,(H,6,7)/t11-,12+,13?,14?,15?;;. The van der Waals surface area contributed by atoms with Crippen LogP contribution in [0.15, 0.2) is 30.3 Å². The number of carboxylic acids is 1. The van der Waals surface area contributed by atoms with E-state index in [-0.39, 0.29) is 43.9 Å². The Morgan fingerprint density at radius 1 is 1.13 bits per heavy atom. The zero-order valence-corrected chi connectivity index (χ0v) is 23.3. The molecule has 1 aliphatic carbocycles. The molecule has 3 amide bonds. The lowest BCUT2D eigenvalue weighted by atomic mass is 10.0. The number of carbonyl (C=O) groups excluding carboxylic acids is 2. The van der Waals surface area contributed by atoms with Crippen LogP contribution in [0.5, 0.6) is 0 Å². The number of aryl methyl sites for hydroxylation is 1. The number of amides is 3. The van der Waals surface area contributed by atoms with Crippen LogP contribution >= 0.6 is 0 Å². The molecule has 10 nitrogen and oxygen atoms in total. The normalized spacial score (nSPS) is 25.8. The van der Waals surface area contributed by atoms with E-state index < -0.39 is 24.3 Å². The summed E-state index contributed by atoms with van der Waals surface area (Å²) in [6.45, 7) is 5.42. The van der Waals surface area contributed by atoms with Crippen molar-refractivity contribution in [3.8, 4) is 6.07 Å². The zero-order chi connectivity index (χ0) is 29.1. The van der Waals surface area contributed by atoms with E-state index in [0.29, 0.717) is 11.8 Å². The van der Waals surface area contributed by atoms with Gasteiger partial charge in [-0.25, -0.2) is 14.0 Å². The van der Waals surface area contributed by atoms with Crippen LogP contribution in [0.25, 0.3) is 0 Å². The van der Waals surface area contributed by atoms with Gasteiger partial charge in [-0.15, -0.1) is 0 Å². The number of urea groups is 1. The highest BCUT2D eigenvalue weighted by Gasteiger charge is 2.43. The van der Waals surface area contributed by atoms with Crippen molar-refractivity contribution in [2.45, 2.75) is 63.9 Å². The van der Waals surface area contributed by atoms with Crippen molar-refractivity contribution in [2.24, 2.45) is 11.8 Å². The molecule has 4 rings (SSSR count). The second kappa shape index (κ2) is 15.4. The summed E-state index contributed by atoms with van der Waals surface area (Å²) in [6, 6.07) is 11.9. The number of aliphatic hydroxyl groups is 1. The Kier molecular flexibility index (Phi) is 12.6. The molecular formula is C28H42FN5O5. The first-order valence-corrected chi connectivity index (χ1v) is 13.4. The van der Waals surface area contributed by atoms with Crippen LogP contribution in [-0.4, -0.2) is 107 Å². The lowest BCUT2D eigenvalue weighted by Crippen LogP contribution is -2.44. The monoisotopic (exact) mass is 547 g/mol. The minimum absolute atomic E-state index is 0.0241. The molecule has 11 heteroatoms. The van der Waals surface area contributed by atoms with Crippen LogP contribution < -0.4 is 5.32 Å². The molecule has 3 aliphatic rings. The summed E-state index contributed by atoms with van der Waals surface area (Å²) >= 11 is 0. The van der Waals surface area contributed by atoms with Crippen LogP contribution in [0.4, 0.5) is 9.18 Å². The molecule has 2 saturated heterocycles. The highest BCUT2D eigenvalue weighted by Crippen LogP contribution is 2.38. The Labute approximate surface area is 230 Å². The fourth-order valence-electron chi connectivity index (χ4n) is 5.13. The van der Waals surface area contributed by atoms with Gasteiger partial charge in [0.05, 0.1) is 19.2 Å². The van der Waals surface area contributed by atoms with E-state index in [1.54, 1.807) is 25.9 Å². The second-order valence-electron chi connectivity index (χ2n) is 10.6. The maximum atomic E-state index is 13.4. The molecule has 39 heavy (non-hydrogen) atoms. The molecule has 0 bridgehead atoms. The van der Waals surface area contributed by atoms with Gasteiger partial charge in [0.15, 0.2) is 6.10 Å². The summed E-state index contributed by atoms with van der Waals surface area (Å²) in [7, 11) is 3.53. The first-order chi connectivity index (χ1) is 18.5. The van der Waals surface area contributed by atoms with E-state index in [4.69, 9.17) is 15.5 Å². The molecule has 3 fully saturated rings. The lowest BCUT2D eigenvalue weighted by Gasteiger charge is -2.24. The van der Waals surface area contributed by atoms with E-state index in [1.165, 1.54) is 10.5 Å². The topological polar surface area (TPSA) is 137 Å². The predicted octanol–water partition coefficient (Wildman–Crippen LogP) is 2.27. The van der Waals surface area contributed by atoms with Crippen LogP contribution in [-0.2, 0) is 9.59 Å². The molecule has 0 spiro atoms. The largest absolute Gasteiger partial charge is 0.479 e. The van der Waals surface area contributed by atoms with Crippen LogP contribution in [0.3, 0.4) is 0 Å². The fraction of sp³-hybridized carbons (Fsp3) is 0.643. The minimum atomic E-state index is -1.18. The third kappa shape index (κ3) is 9.79. The molecule has 0 aromatic heterocycles. The number of aliphatic hydroxyl groups excluding tert-OH is 1. The first-order valence-electron chi connectivity index (χ1n) is 13.4. The second-order valence-corrected chi connectivity index (χ2v) is 10.6. The van der Waals surface area contributed by atoms with Crippen LogP contribution in [0.2, 0.25) is 0 Å². The number of fused-ring (bicyclic) bond motifs is 1. The first kappa shape index (κ1) is 32.0. The molecule has 2 aliphatic heterocycles. The summed E-state index contributed by atoms with van der Waals surface area (Å²) in [5.41, 5.74) is 1.32. The van der Waals surface area contributed by atoms with Crippen molar-refractivity contribution in [1.82, 2.24) is 20.0 Å². The number of rotatable bonds is 5. The SMILES string of the molecule is CCC(O)C(=O)O.CN(C)C(=O)N1C[C@H]2CC(NCC(=O)N3CC(F)CC3C#N)C[C@H]2C1.Cc1ccccc1. The number of hydrogen-bond acceptors (Lipinski definition) is 6. The van der Waals surface area contributed by atoms with Gasteiger partial charge in [0.25, 0.3) is 0 Å². The van der Waals surface area contributed by atoms with Gasteiger partial charge in [-0.05, 0) is 38.0 Å². The van der Waals surface area contributed by atoms with Crippen molar-refractivity contribution in [3.63, 3.8) is 0 Å². The molecular weight excluding hydrogens is 505 g/mol. The molecule has 3 N–H and O–H groups in total. The highest BCUT2D eigenvalue weighted by molar-refractivity contribution is 5.79. The van der Waals surface area contributed by atoms with Crippen molar-refractivity contribution in [3.05, 3.63) is 35.9 Å². The number of nitrogens with one attached hydrogen (secondary N) is 1. The number of halogens is 1. The number of alkyl halides is 1. The summed E-state index contributed by atoms with van der Waals surface area (Å²) < 4.78 is 13.4. The van der Waals surface area contributed by atoms with Crippen molar-refractivity contribution >= 4 is 17.9 Å². The molecule has 2 heterocycles. The van der Waals surface area contributed by atoms with E-state index in [0.717, 1.165) is 25.9 Å². The van der Waals surface area contributed by atoms with E-state index in [9.17, 15) is 18.8 Å². The van der Waals surface area contributed by atoms with E-state index >= 15 is 0 Å². The Bertz CT molecular complexity index is 974. The third-order valence-corrected chi connectivity index (χ3v) is 7.28. The summed E-state index contributed by atoms with van der Waals surface area (Å²) in [5.74, 6) is -0.397. The van der Waals surface area contributed by atoms with Gasteiger partial charge in [-0.2, -0.15) is 5.26 Å². The van der Waals surface area contributed by atoms with E-state index in [1.807, 2.05) is 29.2 Å². The average Bonchev–Trinajstić information content (AvgIpc) is 3.60. The number of hydrogen-bond donors (Lipinski definition) is 3. The van der Waals surface area contributed by atoms with Gasteiger partial charge in [0, 0.05) is 39.6 Å². The number of likely N-dealkylation sites (tertiary alicyclic amines) is 2. The molecule has 216 valence electrons. The Morgan fingerprint density at radius 3 is 2.13 bits per heavy atom. The van der Waals surface area contributed by atoms with Gasteiger partial charge in [-0.3, -0.25) is 4.79 Å². The van der Waals surface area contributed by atoms with Crippen molar-refractivity contribution in [2.75, 3.05) is 40.3 Å². The molecule has 6 atom stereocenters. The average molecular weight is 548 g/mol. The van der Waals surface area contributed by atoms with Gasteiger partial charge in [0.1, 0.15) is 12.2 Å². The third-order valence-electron chi connectivity index (χ3n) is 7.28. The zero-order valence-electron chi connectivity index (χ0n) is 23.3. The van der Waals surface area contributed by atoms with Gasteiger partial charge in [0.2, 0.25) is 5.91 Å². The molecule has 1 saturated carbocycles.